The summed E-state index contributed by atoms with van der Waals surface area (Å²) in [5.41, 5.74) is 1.54. The van der Waals surface area contributed by atoms with E-state index in [1.807, 2.05) is 17.0 Å². The predicted molar refractivity (Wildman–Crippen MR) is 107 cm³/mol. The van der Waals surface area contributed by atoms with Gasteiger partial charge in [-0.25, -0.2) is 4.39 Å². The van der Waals surface area contributed by atoms with E-state index in [1.54, 1.807) is 30.3 Å². The summed E-state index contributed by atoms with van der Waals surface area (Å²) < 4.78 is 14.1. The van der Waals surface area contributed by atoms with Crippen LogP contribution in [0.1, 0.15) is 35.2 Å². The van der Waals surface area contributed by atoms with Crippen molar-refractivity contribution in [2.45, 2.75) is 24.9 Å². The standard InChI is InChI=1S/C23H22FN3O2/c24-18-10-4-9-17(15-18)19-20(25-21(28)16-7-2-1-3-8-16)22(29)27-14-6-13-26-12-5-11-23(19,26)27/h1-4,7-10,15H,5-6,11-14H2,(H,25,28). The van der Waals surface area contributed by atoms with E-state index in [-0.39, 0.29) is 23.3 Å². The Labute approximate surface area is 168 Å². The second kappa shape index (κ2) is 6.81. The van der Waals surface area contributed by atoms with Crippen LogP contribution in [-0.2, 0) is 4.79 Å². The van der Waals surface area contributed by atoms with E-state index in [4.69, 9.17) is 0 Å². The number of halogens is 1. The third-order valence-electron chi connectivity index (χ3n) is 6.23. The number of nitrogens with one attached hydrogen (secondary N) is 1. The molecule has 0 radical (unpaired) electrons. The summed E-state index contributed by atoms with van der Waals surface area (Å²) >= 11 is 0. The van der Waals surface area contributed by atoms with E-state index in [1.165, 1.54) is 12.1 Å². The van der Waals surface area contributed by atoms with E-state index < -0.39 is 5.66 Å². The van der Waals surface area contributed by atoms with Gasteiger partial charge in [0.1, 0.15) is 17.2 Å². The van der Waals surface area contributed by atoms with Gasteiger partial charge in [-0.3, -0.25) is 14.5 Å². The van der Waals surface area contributed by atoms with Crippen molar-refractivity contribution in [1.29, 1.82) is 0 Å². The van der Waals surface area contributed by atoms with Gasteiger partial charge in [0.2, 0.25) is 0 Å². The van der Waals surface area contributed by atoms with Crippen LogP contribution in [0.2, 0.25) is 0 Å². The highest BCUT2D eigenvalue weighted by Gasteiger charge is 2.58. The van der Waals surface area contributed by atoms with Crippen molar-refractivity contribution in [3.63, 3.8) is 0 Å². The van der Waals surface area contributed by atoms with E-state index in [2.05, 4.69) is 10.2 Å². The first-order valence-electron chi connectivity index (χ1n) is 10.1. The minimum Gasteiger partial charge on any atom is -0.317 e. The molecule has 0 saturated carbocycles. The highest BCUT2D eigenvalue weighted by molar-refractivity contribution is 6.12. The number of hydrogen-bond donors (Lipinski definition) is 1. The van der Waals surface area contributed by atoms with Gasteiger partial charge >= 0.3 is 0 Å². The van der Waals surface area contributed by atoms with Crippen LogP contribution in [-0.4, -0.2) is 46.9 Å². The summed E-state index contributed by atoms with van der Waals surface area (Å²) in [5, 5.41) is 2.88. The Hall–Kier alpha value is -2.99. The fourth-order valence-corrected chi connectivity index (χ4v) is 5.11. The smallest absolute Gasteiger partial charge is 0.272 e. The molecule has 0 bridgehead atoms. The Morgan fingerprint density at radius 3 is 2.59 bits per heavy atom. The van der Waals surface area contributed by atoms with Gasteiger partial charge < -0.3 is 10.2 Å². The number of carbonyl (C=O) groups excluding carboxylic acids is 2. The van der Waals surface area contributed by atoms with Gasteiger partial charge in [0.25, 0.3) is 11.8 Å². The molecular formula is C23H22FN3O2. The van der Waals surface area contributed by atoms with Gasteiger partial charge in [-0.2, -0.15) is 0 Å². The number of nitrogens with zero attached hydrogens (tertiary/aromatic N) is 2. The first-order chi connectivity index (χ1) is 14.1. The molecule has 1 spiro atoms. The van der Waals surface area contributed by atoms with E-state index in [0.29, 0.717) is 17.7 Å². The van der Waals surface area contributed by atoms with Crippen LogP contribution in [0.4, 0.5) is 4.39 Å². The normalized spacial score (nSPS) is 23.9. The Morgan fingerprint density at radius 1 is 1.00 bits per heavy atom. The Morgan fingerprint density at radius 2 is 1.79 bits per heavy atom. The summed E-state index contributed by atoms with van der Waals surface area (Å²) in [6.45, 7) is 2.42. The molecule has 6 heteroatoms. The molecule has 5 nitrogen and oxygen atoms in total. The van der Waals surface area contributed by atoms with Crippen LogP contribution in [0.15, 0.2) is 60.3 Å². The van der Waals surface area contributed by atoms with Crippen molar-refractivity contribution in [2.24, 2.45) is 0 Å². The summed E-state index contributed by atoms with van der Waals surface area (Å²) in [5.74, 6) is -0.866. The highest BCUT2D eigenvalue weighted by Crippen LogP contribution is 2.51. The van der Waals surface area contributed by atoms with Crippen LogP contribution in [0.3, 0.4) is 0 Å². The molecule has 3 heterocycles. The lowest BCUT2D eigenvalue weighted by molar-refractivity contribution is -0.137. The SMILES string of the molecule is O=C(NC1=C(c2cccc(F)c2)C23CCCN2CCCN3C1=O)c1ccccc1. The minimum absolute atomic E-state index is 0.180. The van der Waals surface area contributed by atoms with Crippen LogP contribution in [0, 0.1) is 5.82 Å². The van der Waals surface area contributed by atoms with Gasteiger partial charge in [-0.15, -0.1) is 0 Å². The molecule has 2 amide bonds. The fraction of sp³-hybridized carbons (Fsp3) is 0.304. The second-order valence-corrected chi connectivity index (χ2v) is 7.80. The Kier molecular flexibility index (Phi) is 4.24. The quantitative estimate of drug-likeness (QED) is 0.875. The first-order valence-corrected chi connectivity index (χ1v) is 10.1. The zero-order valence-electron chi connectivity index (χ0n) is 16.0. The summed E-state index contributed by atoms with van der Waals surface area (Å²) in [6.07, 6.45) is 2.64. The molecule has 1 atom stereocenters. The van der Waals surface area contributed by atoms with Gasteiger partial charge in [0.05, 0.1) is 0 Å². The molecule has 2 aromatic carbocycles. The molecule has 1 unspecified atom stereocenters. The molecule has 3 aliphatic rings. The van der Waals surface area contributed by atoms with Crippen LogP contribution in [0.25, 0.3) is 5.57 Å². The van der Waals surface area contributed by atoms with Crippen molar-refractivity contribution < 1.29 is 14.0 Å². The topological polar surface area (TPSA) is 52.7 Å². The van der Waals surface area contributed by atoms with Crippen LogP contribution >= 0.6 is 0 Å². The summed E-state index contributed by atoms with van der Waals surface area (Å²) in [6, 6.07) is 15.2. The number of amides is 2. The average molecular weight is 391 g/mol. The highest BCUT2D eigenvalue weighted by atomic mass is 19.1. The third-order valence-corrected chi connectivity index (χ3v) is 6.23. The molecule has 1 N–H and O–H groups in total. The monoisotopic (exact) mass is 391 g/mol. The summed E-state index contributed by atoms with van der Waals surface area (Å²) in [7, 11) is 0. The van der Waals surface area contributed by atoms with Gasteiger partial charge in [-0.05, 0) is 49.1 Å². The zero-order valence-corrected chi connectivity index (χ0v) is 16.0. The lowest BCUT2D eigenvalue weighted by Crippen LogP contribution is -2.60. The molecule has 2 saturated heterocycles. The molecule has 0 aromatic heterocycles. The molecule has 3 aliphatic heterocycles. The third kappa shape index (κ3) is 2.70. The maximum atomic E-state index is 14.1. The summed E-state index contributed by atoms with van der Waals surface area (Å²) in [4.78, 5) is 30.5. The molecule has 5 rings (SSSR count). The molecule has 0 aliphatic carbocycles. The van der Waals surface area contributed by atoms with E-state index in [0.717, 1.165) is 37.9 Å². The fourth-order valence-electron chi connectivity index (χ4n) is 5.11. The number of rotatable bonds is 3. The van der Waals surface area contributed by atoms with Crippen molar-refractivity contribution in [3.05, 3.63) is 77.2 Å². The van der Waals surface area contributed by atoms with Crippen LogP contribution < -0.4 is 5.32 Å². The molecule has 148 valence electrons. The molecule has 29 heavy (non-hydrogen) atoms. The second-order valence-electron chi connectivity index (χ2n) is 7.80. The van der Waals surface area contributed by atoms with Crippen LogP contribution in [0.5, 0.6) is 0 Å². The van der Waals surface area contributed by atoms with Crippen molar-refractivity contribution in [3.8, 4) is 0 Å². The maximum absolute atomic E-state index is 14.1. The maximum Gasteiger partial charge on any atom is 0.272 e. The number of benzene rings is 2. The van der Waals surface area contributed by atoms with Crippen molar-refractivity contribution in [2.75, 3.05) is 19.6 Å². The van der Waals surface area contributed by atoms with Crippen molar-refractivity contribution in [1.82, 2.24) is 15.1 Å². The molecular weight excluding hydrogens is 369 g/mol. The predicted octanol–water partition coefficient (Wildman–Crippen LogP) is 3.00. The van der Waals surface area contributed by atoms with E-state index in [9.17, 15) is 14.0 Å². The largest absolute Gasteiger partial charge is 0.317 e. The number of hydrogen-bond acceptors (Lipinski definition) is 3. The van der Waals surface area contributed by atoms with E-state index >= 15 is 0 Å². The lowest BCUT2D eigenvalue weighted by Gasteiger charge is -2.48. The number of carbonyl (C=O) groups is 2. The van der Waals surface area contributed by atoms with Gasteiger partial charge in [0.15, 0.2) is 0 Å². The molecule has 2 fully saturated rings. The van der Waals surface area contributed by atoms with Gasteiger partial charge in [-0.1, -0.05) is 30.3 Å². The Balaban J connectivity index is 1.67. The Bertz CT molecular complexity index is 1020. The minimum atomic E-state index is -0.595. The van der Waals surface area contributed by atoms with Crippen molar-refractivity contribution >= 4 is 17.4 Å². The lowest BCUT2D eigenvalue weighted by atomic mass is 9.89. The average Bonchev–Trinajstić information content (AvgIpc) is 3.27. The zero-order chi connectivity index (χ0) is 20.0. The first kappa shape index (κ1) is 18.1. The molecule has 2 aromatic rings. The van der Waals surface area contributed by atoms with Gasteiger partial charge in [0, 0.05) is 30.8 Å².